The van der Waals surface area contributed by atoms with E-state index in [2.05, 4.69) is 25.6 Å². The van der Waals surface area contributed by atoms with Crippen molar-refractivity contribution in [2.24, 2.45) is 0 Å². The van der Waals surface area contributed by atoms with Crippen molar-refractivity contribution in [1.82, 2.24) is 20.3 Å². The van der Waals surface area contributed by atoms with Crippen LogP contribution in [0.2, 0.25) is 0 Å². The molecule has 8 heteroatoms. The van der Waals surface area contributed by atoms with Crippen LogP contribution < -0.4 is 20.1 Å². The number of nitrogens with one attached hydrogen (secondary N) is 2. The second-order valence-corrected chi connectivity index (χ2v) is 5.52. The molecule has 0 bridgehead atoms. The molecular formula is C19H19N5O3. The third kappa shape index (κ3) is 4.69. The van der Waals surface area contributed by atoms with Gasteiger partial charge in [-0.15, -0.1) is 0 Å². The molecule has 8 nitrogen and oxygen atoms in total. The number of methoxy groups -OCH3 is 2. The fourth-order valence-corrected chi connectivity index (χ4v) is 2.35. The van der Waals surface area contributed by atoms with E-state index < -0.39 is 0 Å². The van der Waals surface area contributed by atoms with Crippen molar-refractivity contribution in [1.29, 1.82) is 0 Å². The van der Waals surface area contributed by atoms with Crippen molar-refractivity contribution < 1.29 is 14.3 Å². The zero-order valence-electron chi connectivity index (χ0n) is 15.0. The molecule has 1 aromatic carbocycles. The van der Waals surface area contributed by atoms with Crippen LogP contribution in [0.25, 0.3) is 0 Å². The Morgan fingerprint density at radius 2 is 1.78 bits per heavy atom. The van der Waals surface area contributed by atoms with Gasteiger partial charge >= 0.3 is 0 Å². The van der Waals surface area contributed by atoms with Gasteiger partial charge in [-0.25, -0.2) is 9.97 Å². The number of pyridine rings is 1. The summed E-state index contributed by atoms with van der Waals surface area (Å²) >= 11 is 0. The maximum atomic E-state index is 12.2. The monoisotopic (exact) mass is 365 g/mol. The Kier molecular flexibility index (Phi) is 5.78. The van der Waals surface area contributed by atoms with E-state index in [-0.39, 0.29) is 11.6 Å². The van der Waals surface area contributed by atoms with Crippen molar-refractivity contribution in [3.8, 4) is 11.5 Å². The Labute approximate surface area is 156 Å². The first kappa shape index (κ1) is 18.1. The summed E-state index contributed by atoms with van der Waals surface area (Å²) in [4.78, 5) is 24.5. The lowest BCUT2D eigenvalue weighted by Gasteiger charge is -2.11. The SMILES string of the molecule is COc1ccc(Nc2cnc(C(=O)NCc3ccncc3)cn2)cc1OC. The van der Waals surface area contributed by atoms with Crippen LogP contribution in [-0.2, 0) is 6.54 Å². The average molecular weight is 365 g/mol. The first-order valence-electron chi connectivity index (χ1n) is 8.18. The molecule has 27 heavy (non-hydrogen) atoms. The third-order valence-corrected chi connectivity index (χ3v) is 3.74. The number of ether oxygens (including phenoxy) is 2. The topological polar surface area (TPSA) is 98.3 Å². The van der Waals surface area contributed by atoms with Crippen molar-refractivity contribution in [3.63, 3.8) is 0 Å². The van der Waals surface area contributed by atoms with Crippen molar-refractivity contribution in [2.75, 3.05) is 19.5 Å². The lowest BCUT2D eigenvalue weighted by atomic mass is 10.2. The van der Waals surface area contributed by atoms with E-state index in [1.54, 1.807) is 38.7 Å². The van der Waals surface area contributed by atoms with Crippen LogP contribution in [0.1, 0.15) is 16.1 Å². The number of carbonyl (C=O) groups excluding carboxylic acids is 1. The van der Waals surface area contributed by atoms with Gasteiger partial charge in [-0.3, -0.25) is 9.78 Å². The Morgan fingerprint density at radius 1 is 1.00 bits per heavy atom. The average Bonchev–Trinajstić information content (AvgIpc) is 2.73. The Bertz CT molecular complexity index is 901. The summed E-state index contributed by atoms with van der Waals surface area (Å²) in [5, 5.41) is 5.90. The molecule has 138 valence electrons. The minimum Gasteiger partial charge on any atom is -0.493 e. The summed E-state index contributed by atoms with van der Waals surface area (Å²) < 4.78 is 10.5. The summed E-state index contributed by atoms with van der Waals surface area (Å²) in [6.45, 7) is 0.397. The zero-order valence-corrected chi connectivity index (χ0v) is 15.0. The molecule has 0 saturated heterocycles. The number of rotatable bonds is 7. The van der Waals surface area contributed by atoms with Gasteiger partial charge in [0.25, 0.3) is 5.91 Å². The fraction of sp³-hybridized carbons (Fsp3) is 0.158. The smallest absolute Gasteiger partial charge is 0.271 e. The Hall–Kier alpha value is -3.68. The van der Waals surface area contributed by atoms with E-state index in [1.807, 2.05) is 18.2 Å². The second-order valence-electron chi connectivity index (χ2n) is 5.52. The summed E-state index contributed by atoms with van der Waals surface area (Å²) in [6, 6.07) is 9.08. The summed E-state index contributed by atoms with van der Waals surface area (Å²) in [6.07, 6.45) is 6.27. The molecule has 2 heterocycles. The van der Waals surface area contributed by atoms with E-state index in [0.717, 1.165) is 11.3 Å². The van der Waals surface area contributed by atoms with Crippen LogP contribution in [0.3, 0.4) is 0 Å². The summed E-state index contributed by atoms with van der Waals surface area (Å²) in [7, 11) is 3.15. The largest absolute Gasteiger partial charge is 0.493 e. The maximum absolute atomic E-state index is 12.2. The number of aromatic nitrogens is 3. The molecule has 0 atom stereocenters. The molecule has 0 unspecified atom stereocenters. The molecule has 2 aromatic heterocycles. The quantitative estimate of drug-likeness (QED) is 0.664. The van der Waals surface area contributed by atoms with Crippen LogP contribution in [0.4, 0.5) is 11.5 Å². The minimum absolute atomic E-state index is 0.238. The van der Waals surface area contributed by atoms with Gasteiger partial charge in [0.2, 0.25) is 0 Å². The second kappa shape index (κ2) is 8.61. The highest BCUT2D eigenvalue weighted by Crippen LogP contribution is 2.30. The van der Waals surface area contributed by atoms with Gasteiger partial charge in [0.05, 0.1) is 26.6 Å². The highest BCUT2D eigenvalue weighted by molar-refractivity contribution is 5.92. The maximum Gasteiger partial charge on any atom is 0.271 e. The number of nitrogens with zero attached hydrogens (tertiary/aromatic N) is 3. The van der Waals surface area contributed by atoms with Gasteiger partial charge in [-0.2, -0.15) is 0 Å². The van der Waals surface area contributed by atoms with E-state index in [9.17, 15) is 4.79 Å². The molecule has 1 amide bonds. The minimum atomic E-state index is -0.294. The first-order chi connectivity index (χ1) is 13.2. The van der Waals surface area contributed by atoms with Gasteiger partial charge in [-0.05, 0) is 29.8 Å². The lowest BCUT2D eigenvalue weighted by molar-refractivity contribution is 0.0945. The van der Waals surface area contributed by atoms with Crippen molar-refractivity contribution in [2.45, 2.75) is 6.54 Å². The molecule has 0 spiro atoms. The normalized spacial score (nSPS) is 10.1. The predicted molar refractivity (Wildman–Crippen MR) is 100 cm³/mol. The number of carbonyl (C=O) groups is 1. The molecule has 2 N–H and O–H groups in total. The third-order valence-electron chi connectivity index (χ3n) is 3.74. The van der Waals surface area contributed by atoms with Crippen LogP contribution >= 0.6 is 0 Å². The Balaban J connectivity index is 1.62. The van der Waals surface area contributed by atoms with Gasteiger partial charge in [0.1, 0.15) is 11.5 Å². The Morgan fingerprint density at radius 3 is 2.44 bits per heavy atom. The van der Waals surface area contributed by atoms with Crippen molar-refractivity contribution in [3.05, 3.63) is 66.4 Å². The molecule has 3 rings (SSSR count). The van der Waals surface area contributed by atoms with E-state index >= 15 is 0 Å². The number of anilines is 2. The number of amides is 1. The highest BCUT2D eigenvalue weighted by Gasteiger charge is 2.09. The zero-order chi connectivity index (χ0) is 19.1. The molecule has 0 aliphatic heterocycles. The molecule has 0 aliphatic carbocycles. The molecule has 0 radical (unpaired) electrons. The van der Waals surface area contributed by atoms with Crippen LogP contribution in [0.15, 0.2) is 55.1 Å². The molecule has 3 aromatic rings. The summed E-state index contributed by atoms with van der Waals surface area (Å²) in [5.74, 6) is 1.45. The molecule has 0 fully saturated rings. The molecular weight excluding hydrogens is 346 g/mol. The first-order valence-corrected chi connectivity index (χ1v) is 8.18. The van der Waals surface area contributed by atoms with E-state index in [4.69, 9.17) is 9.47 Å². The number of hydrogen-bond donors (Lipinski definition) is 2. The summed E-state index contributed by atoms with van der Waals surface area (Å²) in [5.41, 5.74) is 1.96. The van der Waals surface area contributed by atoms with Gasteiger partial charge in [0.15, 0.2) is 11.5 Å². The lowest BCUT2D eigenvalue weighted by Crippen LogP contribution is -2.24. The van der Waals surface area contributed by atoms with E-state index in [0.29, 0.717) is 23.9 Å². The van der Waals surface area contributed by atoms with Crippen LogP contribution in [-0.4, -0.2) is 35.1 Å². The predicted octanol–water partition coefficient (Wildman–Crippen LogP) is 2.56. The van der Waals surface area contributed by atoms with Gasteiger partial charge in [0, 0.05) is 30.7 Å². The standard InChI is InChI=1S/C19H19N5O3/c1-26-16-4-3-14(9-17(16)27-2)24-18-12-21-15(11-22-18)19(25)23-10-13-5-7-20-8-6-13/h3-9,11-12H,10H2,1-2H3,(H,22,24)(H,23,25). The van der Waals surface area contributed by atoms with Gasteiger partial charge < -0.3 is 20.1 Å². The number of hydrogen-bond acceptors (Lipinski definition) is 7. The fourth-order valence-electron chi connectivity index (χ4n) is 2.35. The van der Waals surface area contributed by atoms with E-state index in [1.165, 1.54) is 12.4 Å². The van der Waals surface area contributed by atoms with Crippen molar-refractivity contribution >= 4 is 17.4 Å². The molecule has 0 aliphatic rings. The highest BCUT2D eigenvalue weighted by atomic mass is 16.5. The number of benzene rings is 1. The van der Waals surface area contributed by atoms with Crippen LogP contribution in [0.5, 0.6) is 11.5 Å². The van der Waals surface area contributed by atoms with Crippen LogP contribution in [0, 0.1) is 0 Å². The van der Waals surface area contributed by atoms with Gasteiger partial charge in [-0.1, -0.05) is 0 Å². The molecule has 0 saturated carbocycles.